The number of aromatic hydroxyl groups is 1. The highest BCUT2D eigenvalue weighted by molar-refractivity contribution is 5.62. The quantitative estimate of drug-likeness (QED) is 0.867. The third-order valence-electron chi connectivity index (χ3n) is 5.04. The molecule has 0 unspecified atom stereocenters. The van der Waals surface area contributed by atoms with Crippen LogP contribution in [0, 0.1) is 0 Å². The van der Waals surface area contributed by atoms with Crippen molar-refractivity contribution in [2.24, 2.45) is 0 Å². The summed E-state index contributed by atoms with van der Waals surface area (Å²) in [6.45, 7) is 4.12. The first-order valence-electron chi connectivity index (χ1n) is 9.41. The number of likely N-dealkylation sites (tertiary alicyclic amines) is 1. The molecule has 1 N–H and O–H groups in total. The fourth-order valence-corrected chi connectivity index (χ4v) is 3.54. The van der Waals surface area contributed by atoms with Crippen molar-refractivity contribution < 1.29 is 14.6 Å². The highest BCUT2D eigenvalue weighted by Gasteiger charge is 2.17. The van der Waals surface area contributed by atoms with E-state index in [0.29, 0.717) is 5.75 Å². The van der Waals surface area contributed by atoms with Crippen LogP contribution in [-0.4, -0.2) is 36.2 Å². The van der Waals surface area contributed by atoms with E-state index in [9.17, 15) is 5.11 Å². The molecule has 4 rings (SSSR count). The number of piperidine rings is 1. The molecule has 0 spiro atoms. The van der Waals surface area contributed by atoms with Crippen molar-refractivity contribution in [2.75, 3.05) is 26.2 Å². The molecule has 4 heteroatoms. The van der Waals surface area contributed by atoms with Gasteiger partial charge in [-0.15, -0.1) is 0 Å². The zero-order chi connectivity index (χ0) is 17.8. The molecule has 1 fully saturated rings. The summed E-state index contributed by atoms with van der Waals surface area (Å²) in [4.78, 5) is 2.48. The van der Waals surface area contributed by atoms with Gasteiger partial charge < -0.3 is 14.6 Å². The Balaban J connectivity index is 1.33. The van der Waals surface area contributed by atoms with Gasteiger partial charge >= 0.3 is 0 Å². The van der Waals surface area contributed by atoms with Crippen LogP contribution in [0.5, 0.6) is 17.2 Å². The molecule has 2 aromatic rings. The van der Waals surface area contributed by atoms with Crippen molar-refractivity contribution in [3.63, 3.8) is 0 Å². The van der Waals surface area contributed by atoms with E-state index >= 15 is 0 Å². The molecule has 0 aliphatic carbocycles. The van der Waals surface area contributed by atoms with Gasteiger partial charge in [-0.1, -0.05) is 24.6 Å². The van der Waals surface area contributed by atoms with Crippen LogP contribution < -0.4 is 9.47 Å². The predicted molar refractivity (Wildman–Crippen MR) is 103 cm³/mol. The van der Waals surface area contributed by atoms with Gasteiger partial charge in [-0.25, -0.2) is 0 Å². The molecule has 0 aromatic heterocycles. The number of hydrogen-bond donors (Lipinski definition) is 1. The van der Waals surface area contributed by atoms with Gasteiger partial charge in [-0.3, -0.25) is 4.90 Å². The minimum Gasteiger partial charge on any atom is -0.508 e. The average Bonchev–Trinajstić information content (AvgIpc) is 2.69. The standard InChI is InChI=1S/C22H25NO3/c24-19-8-4-18-7-11-21(26-22(18)16-19)17-5-9-20(10-6-17)25-15-14-23-12-2-1-3-13-23/h4-11,16,21,24H,1-3,12-15H2/t21-/m1/s1. The normalized spacial score (nSPS) is 19.6. The van der Waals surface area contributed by atoms with Crippen LogP contribution in [0.25, 0.3) is 6.08 Å². The van der Waals surface area contributed by atoms with Crippen molar-refractivity contribution in [3.8, 4) is 17.2 Å². The Labute approximate surface area is 154 Å². The van der Waals surface area contributed by atoms with Crippen LogP contribution in [0.1, 0.15) is 36.5 Å². The fraction of sp³-hybridized carbons (Fsp3) is 0.364. The summed E-state index contributed by atoms with van der Waals surface area (Å²) in [6.07, 6.45) is 7.90. The molecule has 0 saturated carbocycles. The summed E-state index contributed by atoms with van der Waals surface area (Å²) < 4.78 is 11.9. The molecular formula is C22H25NO3. The first-order valence-corrected chi connectivity index (χ1v) is 9.41. The molecule has 0 amide bonds. The van der Waals surface area contributed by atoms with E-state index in [-0.39, 0.29) is 11.9 Å². The van der Waals surface area contributed by atoms with Gasteiger partial charge in [-0.2, -0.15) is 0 Å². The van der Waals surface area contributed by atoms with E-state index in [1.54, 1.807) is 12.1 Å². The third-order valence-corrected chi connectivity index (χ3v) is 5.04. The minimum atomic E-state index is -0.147. The van der Waals surface area contributed by atoms with Gasteiger partial charge in [0.1, 0.15) is 30.0 Å². The number of phenolic OH excluding ortho intramolecular Hbond substituents is 1. The van der Waals surface area contributed by atoms with Gasteiger partial charge in [0, 0.05) is 18.2 Å². The number of rotatable bonds is 5. The predicted octanol–water partition coefficient (Wildman–Crippen LogP) is 4.40. The SMILES string of the molecule is Oc1ccc2c(c1)O[C@@H](c1ccc(OCCN3CCCCC3)cc1)C=C2. The Morgan fingerprint density at radius 2 is 1.85 bits per heavy atom. The number of nitrogens with zero attached hydrogens (tertiary/aromatic N) is 1. The highest BCUT2D eigenvalue weighted by atomic mass is 16.5. The summed E-state index contributed by atoms with van der Waals surface area (Å²) in [5, 5.41) is 9.63. The molecule has 2 aromatic carbocycles. The molecular weight excluding hydrogens is 326 g/mol. The highest BCUT2D eigenvalue weighted by Crippen LogP contribution is 2.35. The first kappa shape index (κ1) is 17.0. The second-order valence-electron chi connectivity index (χ2n) is 6.94. The van der Waals surface area contributed by atoms with E-state index in [0.717, 1.165) is 30.0 Å². The van der Waals surface area contributed by atoms with Crippen LogP contribution in [-0.2, 0) is 0 Å². The first-order chi connectivity index (χ1) is 12.8. The van der Waals surface area contributed by atoms with Gasteiger partial charge in [-0.05, 0) is 61.8 Å². The Morgan fingerprint density at radius 3 is 2.65 bits per heavy atom. The summed E-state index contributed by atoms with van der Waals surface area (Å²) in [6, 6.07) is 13.3. The topological polar surface area (TPSA) is 41.9 Å². The van der Waals surface area contributed by atoms with E-state index in [2.05, 4.69) is 4.90 Å². The molecule has 1 atom stereocenters. The third kappa shape index (κ3) is 4.02. The van der Waals surface area contributed by atoms with Crippen molar-refractivity contribution in [3.05, 3.63) is 59.7 Å². The Bertz CT molecular complexity index is 763. The Kier molecular flexibility index (Phi) is 5.12. The van der Waals surface area contributed by atoms with Crippen LogP contribution >= 0.6 is 0 Å². The molecule has 2 heterocycles. The molecule has 136 valence electrons. The lowest BCUT2D eigenvalue weighted by Gasteiger charge is -2.26. The summed E-state index contributed by atoms with van der Waals surface area (Å²) >= 11 is 0. The van der Waals surface area contributed by atoms with Gasteiger partial charge in [0.2, 0.25) is 0 Å². The maximum absolute atomic E-state index is 9.63. The van der Waals surface area contributed by atoms with Gasteiger partial charge in [0.25, 0.3) is 0 Å². The van der Waals surface area contributed by atoms with E-state index < -0.39 is 0 Å². The van der Waals surface area contributed by atoms with Crippen molar-refractivity contribution in [2.45, 2.75) is 25.4 Å². The van der Waals surface area contributed by atoms with Crippen molar-refractivity contribution in [1.82, 2.24) is 4.90 Å². The second kappa shape index (κ2) is 7.83. The Hall–Kier alpha value is -2.46. The molecule has 1 saturated heterocycles. The van der Waals surface area contributed by atoms with Crippen molar-refractivity contribution >= 4 is 6.08 Å². The van der Waals surface area contributed by atoms with E-state index in [4.69, 9.17) is 9.47 Å². The van der Waals surface area contributed by atoms with E-state index in [1.807, 2.05) is 42.5 Å². The lowest BCUT2D eigenvalue weighted by molar-refractivity contribution is 0.183. The van der Waals surface area contributed by atoms with Crippen molar-refractivity contribution in [1.29, 1.82) is 0 Å². The van der Waals surface area contributed by atoms with Crippen LogP contribution in [0.15, 0.2) is 48.5 Å². The lowest BCUT2D eigenvalue weighted by atomic mass is 10.0. The van der Waals surface area contributed by atoms with Gasteiger partial charge in [0.05, 0.1) is 0 Å². The zero-order valence-electron chi connectivity index (χ0n) is 14.9. The largest absolute Gasteiger partial charge is 0.508 e. The maximum Gasteiger partial charge on any atom is 0.142 e. The molecule has 4 nitrogen and oxygen atoms in total. The molecule has 26 heavy (non-hydrogen) atoms. The average molecular weight is 351 g/mol. The van der Waals surface area contributed by atoms with Gasteiger partial charge in [0.15, 0.2) is 0 Å². The van der Waals surface area contributed by atoms with Crippen LogP contribution in [0.3, 0.4) is 0 Å². The Morgan fingerprint density at radius 1 is 1.04 bits per heavy atom. The number of phenols is 1. The molecule has 2 aliphatic heterocycles. The maximum atomic E-state index is 9.63. The lowest BCUT2D eigenvalue weighted by Crippen LogP contribution is -2.33. The smallest absolute Gasteiger partial charge is 0.142 e. The van der Waals surface area contributed by atoms with Crippen LogP contribution in [0.2, 0.25) is 0 Å². The second-order valence-corrected chi connectivity index (χ2v) is 6.94. The zero-order valence-corrected chi connectivity index (χ0v) is 14.9. The summed E-state index contributed by atoms with van der Waals surface area (Å²) in [5.74, 6) is 1.82. The number of fused-ring (bicyclic) bond motifs is 1. The molecule has 2 aliphatic rings. The molecule has 0 radical (unpaired) electrons. The number of benzene rings is 2. The number of ether oxygens (including phenoxy) is 2. The monoisotopic (exact) mass is 351 g/mol. The summed E-state index contributed by atoms with van der Waals surface area (Å²) in [5.41, 5.74) is 2.05. The van der Waals surface area contributed by atoms with Crippen LogP contribution in [0.4, 0.5) is 0 Å². The number of hydrogen-bond acceptors (Lipinski definition) is 4. The minimum absolute atomic E-state index is 0.147. The summed E-state index contributed by atoms with van der Waals surface area (Å²) in [7, 11) is 0. The fourth-order valence-electron chi connectivity index (χ4n) is 3.54. The van der Waals surface area contributed by atoms with E-state index in [1.165, 1.54) is 32.4 Å². The molecule has 0 bridgehead atoms.